The Kier molecular flexibility index (Phi) is 5.29. The average molecular weight is 309 g/mol. The van der Waals surface area contributed by atoms with E-state index in [-0.39, 0.29) is 24.4 Å². The molecule has 0 aromatic heterocycles. The maximum absolute atomic E-state index is 11.9. The number of carbonyl (C=O) groups excluding carboxylic acids is 1. The Labute approximate surface area is 128 Å². The summed E-state index contributed by atoms with van der Waals surface area (Å²) in [5.41, 5.74) is 1.14. The molecule has 20 heavy (non-hydrogen) atoms. The van der Waals surface area contributed by atoms with Crippen LogP contribution in [0.1, 0.15) is 5.56 Å². The standard InChI is InChI=1S/C15H16N2OS.ClH/c18-15(14-9-19-10-17-14)16-8-11-5-6-12-3-1-2-4-13(12)7-11;/h1-7,14,17H,8-10H2,(H,16,18);1H. The van der Waals surface area contributed by atoms with Gasteiger partial charge in [-0.3, -0.25) is 10.1 Å². The molecule has 5 heteroatoms. The fourth-order valence-corrected chi connectivity index (χ4v) is 3.17. The van der Waals surface area contributed by atoms with Crippen LogP contribution in [0.4, 0.5) is 0 Å². The van der Waals surface area contributed by atoms with Gasteiger partial charge in [-0.15, -0.1) is 24.2 Å². The molecule has 1 unspecified atom stereocenters. The predicted octanol–water partition coefficient (Wildman–Crippen LogP) is 2.54. The Balaban J connectivity index is 0.00000147. The maximum atomic E-state index is 11.9. The molecule has 0 aliphatic carbocycles. The van der Waals surface area contributed by atoms with Gasteiger partial charge in [0.1, 0.15) is 0 Å². The second-order valence-electron chi connectivity index (χ2n) is 4.67. The molecule has 0 radical (unpaired) electrons. The van der Waals surface area contributed by atoms with E-state index in [2.05, 4.69) is 41.0 Å². The fraction of sp³-hybridized carbons (Fsp3) is 0.267. The molecule has 2 N–H and O–H groups in total. The van der Waals surface area contributed by atoms with Crippen LogP contribution < -0.4 is 10.6 Å². The highest BCUT2D eigenvalue weighted by atomic mass is 35.5. The Hall–Kier alpha value is -1.23. The number of hydrogen-bond donors (Lipinski definition) is 2. The summed E-state index contributed by atoms with van der Waals surface area (Å²) in [4.78, 5) is 11.9. The SMILES string of the molecule is Cl.O=C(NCc1ccc2ccccc2c1)C1CSCN1. The minimum Gasteiger partial charge on any atom is -0.351 e. The number of halogens is 1. The summed E-state index contributed by atoms with van der Waals surface area (Å²) < 4.78 is 0. The van der Waals surface area contributed by atoms with Gasteiger partial charge in [-0.2, -0.15) is 0 Å². The number of hydrogen-bond acceptors (Lipinski definition) is 3. The Morgan fingerprint density at radius 2 is 2.05 bits per heavy atom. The van der Waals surface area contributed by atoms with Crippen LogP contribution in [-0.4, -0.2) is 23.6 Å². The number of nitrogens with one attached hydrogen (secondary N) is 2. The lowest BCUT2D eigenvalue weighted by molar-refractivity contribution is -0.122. The first-order chi connectivity index (χ1) is 9.33. The van der Waals surface area contributed by atoms with Crippen molar-refractivity contribution in [3.05, 3.63) is 48.0 Å². The normalized spacial score (nSPS) is 17.7. The molecule has 3 rings (SSSR count). The van der Waals surface area contributed by atoms with Crippen molar-refractivity contribution < 1.29 is 4.79 Å². The van der Waals surface area contributed by atoms with E-state index in [0.29, 0.717) is 6.54 Å². The lowest BCUT2D eigenvalue weighted by atomic mass is 10.1. The smallest absolute Gasteiger partial charge is 0.238 e. The highest BCUT2D eigenvalue weighted by Crippen LogP contribution is 2.15. The van der Waals surface area contributed by atoms with E-state index in [4.69, 9.17) is 0 Å². The highest BCUT2D eigenvalue weighted by molar-refractivity contribution is 7.99. The number of benzene rings is 2. The van der Waals surface area contributed by atoms with Crippen molar-refractivity contribution in [2.75, 3.05) is 11.6 Å². The van der Waals surface area contributed by atoms with Crippen molar-refractivity contribution in [1.29, 1.82) is 0 Å². The summed E-state index contributed by atoms with van der Waals surface area (Å²) in [6.45, 7) is 0.590. The van der Waals surface area contributed by atoms with Crippen LogP contribution in [0, 0.1) is 0 Å². The van der Waals surface area contributed by atoms with E-state index in [9.17, 15) is 4.79 Å². The number of thioether (sulfide) groups is 1. The minimum atomic E-state index is -0.0366. The van der Waals surface area contributed by atoms with E-state index in [1.54, 1.807) is 11.8 Å². The summed E-state index contributed by atoms with van der Waals surface area (Å²) in [7, 11) is 0. The number of amides is 1. The number of fused-ring (bicyclic) bond motifs is 1. The number of carbonyl (C=O) groups is 1. The van der Waals surface area contributed by atoms with Gasteiger partial charge in [0.2, 0.25) is 5.91 Å². The van der Waals surface area contributed by atoms with Crippen molar-refractivity contribution in [2.24, 2.45) is 0 Å². The highest BCUT2D eigenvalue weighted by Gasteiger charge is 2.21. The van der Waals surface area contributed by atoms with Crippen molar-refractivity contribution in [3.63, 3.8) is 0 Å². The van der Waals surface area contributed by atoms with Crippen LogP contribution in [-0.2, 0) is 11.3 Å². The second-order valence-corrected chi connectivity index (χ2v) is 5.70. The molecule has 1 saturated heterocycles. The van der Waals surface area contributed by atoms with E-state index >= 15 is 0 Å². The zero-order valence-electron chi connectivity index (χ0n) is 11.0. The van der Waals surface area contributed by atoms with Gasteiger partial charge in [-0.25, -0.2) is 0 Å². The van der Waals surface area contributed by atoms with Crippen molar-refractivity contribution in [3.8, 4) is 0 Å². The zero-order chi connectivity index (χ0) is 13.1. The fourth-order valence-electron chi connectivity index (χ4n) is 2.22. The third-order valence-corrected chi connectivity index (χ3v) is 4.25. The molecule has 0 spiro atoms. The molecule has 1 amide bonds. The average Bonchev–Trinajstić information content (AvgIpc) is 2.99. The van der Waals surface area contributed by atoms with Crippen molar-refractivity contribution in [1.82, 2.24) is 10.6 Å². The molecule has 3 nitrogen and oxygen atoms in total. The Morgan fingerprint density at radius 3 is 2.80 bits per heavy atom. The van der Waals surface area contributed by atoms with Crippen molar-refractivity contribution in [2.45, 2.75) is 12.6 Å². The second kappa shape index (κ2) is 6.97. The van der Waals surface area contributed by atoms with E-state index in [1.165, 1.54) is 10.8 Å². The first kappa shape index (κ1) is 15.2. The summed E-state index contributed by atoms with van der Waals surface area (Å²) in [6, 6.07) is 14.5. The Morgan fingerprint density at radius 1 is 1.25 bits per heavy atom. The van der Waals surface area contributed by atoms with Crippen LogP contribution in [0.5, 0.6) is 0 Å². The quantitative estimate of drug-likeness (QED) is 0.915. The molecule has 1 aliphatic rings. The van der Waals surface area contributed by atoms with E-state index in [0.717, 1.165) is 17.2 Å². The molecule has 2 aromatic rings. The summed E-state index contributed by atoms with van der Waals surface area (Å²) in [5, 5.41) is 8.60. The van der Waals surface area contributed by atoms with Gasteiger partial charge in [0.05, 0.1) is 6.04 Å². The molecule has 0 saturated carbocycles. The molecule has 1 fully saturated rings. The van der Waals surface area contributed by atoms with Crippen LogP contribution in [0.15, 0.2) is 42.5 Å². The molecule has 0 bridgehead atoms. The van der Waals surface area contributed by atoms with E-state index < -0.39 is 0 Å². The van der Waals surface area contributed by atoms with Gasteiger partial charge in [0.25, 0.3) is 0 Å². The van der Waals surface area contributed by atoms with Gasteiger partial charge in [0, 0.05) is 18.2 Å². The van der Waals surface area contributed by atoms with Gasteiger partial charge in [-0.05, 0) is 22.4 Å². The van der Waals surface area contributed by atoms with Crippen LogP contribution in [0.25, 0.3) is 10.8 Å². The van der Waals surface area contributed by atoms with Gasteiger partial charge in [0.15, 0.2) is 0 Å². The van der Waals surface area contributed by atoms with Crippen molar-refractivity contribution >= 4 is 40.8 Å². The molecule has 1 heterocycles. The molecule has 106 valence electrons. The molecular weight excluding hydrogens is 292 g/mol. The summed E-state index contributed by atoms with van der Waals surface area (Å²) in [5.74, 6) is 1.83. The summed E-state index contributed by atoms with van der Waals surface area (Å²) >= 11 is 1.76. The first-order valence-electron chi connectivity index (χ1n) is 6.39. The molecular formula is C15H17ClN2OS. The lowest BCUT2D eigenvalue weighted by Crippen LogP contribution is -2.41. The zero-order valence-corrected chi connectivity index (χ0v) is 12.6. The van der Waals surface area contributed by atoms with Gasteiger partial charge in [-0.1, -0.05) is 36.4 Å². The topological polar surface area (TPSA) is 41.1 Å². The third kappa shape index (κ3) is 3.45. The minimum absolute atomic E-state index is 0. The van der Waals surface area contributed by atoms with Crippen LogP contribution in [0.3, 0.4) is 0 Å². The largest absolute Gasteiger partial charge is 0.351 e. The lowest BCUT2D eigenvalue weighted by Gasteiger charge is -2.11. The summed E-state index contributed by atoms with van der Waals surface area (Å²) in [6.07, 6.45) is 0. The molecule has 1 atom stereocenters. The van der Waals surface area contributed by atoms with Gasteiger partial charge < -0.3 is 5.32 Å². The number of rotatable bonds is 3. The Bertz CT molecular complexity index is 599. The monoisotopic (exact) mass is 308 g/mol. The van der Waals surface area contributed by atoms with Gasteiger partial charge >= 0.3 is 0 Å². The van der Waals surface area contributed by atoms with E-state index in [1.807, 2.05) is 12.1 Å². The third-order valence-electron chi connectivity index (χ3n) is 3.31. The first-order valence-corrected chi connectivity index (χ1v) is 7.55. The maximum Gasteiger partial charge on any atom is 0.238 e. The molecule has 1 aliphatic heterocycles. The molecule has 2 aromatic carbocycles. The predicted molar refractivity (Wildman–Crippen MR) is 87.3 cm³/mol. The van der Waals surface area contributed by atoms with Crippen LogP contribution >= 0.6 is 24.2 Å². The van der Waals surface area contributed by atoms with Crippen LogP contribution in [0.2, 0.25) is 0 Å².